The Morgan fingerprint density at radius 3 is 1.95 bits per heavy atom. The van der Waals surface area contributed by atoms with Crippen LogP contribution in [0, 0.1) is 5.92 Å². The summed E-state index contributed by atoms with van der Waals surface area (Å²) in [5.74, 6) is 1.26. The van der Waals surface area contributed by atoms with Gasteiger partial charge in [0.1, 0.15) is 23.2 Å². The number of H-pyrrole nitrogens is 1. The van der Waals surface area contributed by atoms with Crippen LogP contribution in [0.15, 0.2) is 113 Å². The lowest BCUT2D eigenvalue weighted by Gasteiger charge is -2.37. The molecule has 3 aromatic carbocycles. The van der Waals surface area contributed by atoms with Crippen LogP contribution in [0.3, 0.4) is 0 Å². The monoisotopic (exact) mass is 584 g/mol. The predicted octanol–water partition coefficient (Wildman–Crippen LogP) is 4.67. The van der Waals surface area contributed by atoms with Gasteiger partial charge < -0.3 is 23.7 Å². The molecule has 1 saturated heterocycles. The molecule has 1 aliphatic heterocycles. The highest BCUT2D eigenvalue weighted by Crippen LogP contribution is 2.44. The fourth-order valence-corrected chi connectivity index (χ4v) is 5.85. The minimum atomic E-state index is -1.04. The van der Waals surface area contributed by atoms with Gasteiger partial charge in [-0.3, -0.25) is 14.3 Å². The first kappa shape index (κ1) is 30.0. The van der Waals surface area contributed by atoms with Gasteiger partial charge in [0.15, 0.2) is 6.23 Å². The first-order valence-electron chi connectivity index (χ1n) is 14.0. The number of hydrogen-bond donors (Lipinski definition) is 1. The zero-order valence-electron chi connectivity index (χ0n) is 24.5. The molecular weight excluding hydrogens is 548 g/mol. The molecule has 0 aliphatic carbocycles. The second-order valence-corrected chi connectivity index (χ2v) is 10.3. The zero-order valence-corrected chi connectivity index (χ0v) is 24.5. The highest BCUT2D eigenvalue weighted by Gasteiger charge is 2.47. The normalized spacial score (nSPS) is 20.1. The number of benzene rings is 3. The number of nitrogens with one attached hydrogen (secondary N) is 1. The van der Waals surface area contributed by atoms with Crippen LogP contribution in [-0.2, 0) is 19.8 Å². The SMILES string of the molecule is C=CC[C@H]1[C@@H](OC)[C@H](n2ccc(=O)[nH]c2=O)O[C@@H]1COC(c1ccccc1)(c1ccc(OC)cc1)c1ccc(OC)cc1. The van der Waals surface area contributed by atoms with Gasteiger partial charge in [0.2, 0.25) is 0 Å². The van der Waals surface area contributed by atoms with E-state index in [4.69, 9.17) is 23.7 Å². The van der Waals surface area contributed by atoms with Crippen LogP contribution in [0.4, 0.5) is 0 Å². The molecular formula is C34H36N2O7. The van der Waals surface area contributed by atoms with Crippen LogP contribution in [0.2, 0.25) is 0 Å². The molecule has 0 amide bonds. The summed E-state index contributed by atoms with van der Waals surface area (Å²) >= 11 is 0. The molecule has 0 unspecified atom stereocenters. The van der Waals surface area contributed by atoms with E-state index in [1.165, 1.54) is 16.8 Å². The highest BCUT2D eigenvalue weighted by molar-refractivity contribution is 5.49. The lowest BCUT2D eigenvalue weighted by molar-refractivity contribution is -0.0929. The van der Waals surface area contributed by atoms with Gasteiger partial charge in [0.25, 0.3) is 5.56 Å². The maximum Gasteiger partial charge on any atom is 0.330 e. The molecule has 0 bridgehead atoms. The van der Waals surface area contributed by atoms with Gasteiger partial charge in [0.05, 0.1) is 26.9 Å². The number of methoxy groups -OCH3 is 3. The summed E-state index contributed by atoms with van der Waals surface area (Å²) in [4.78, 5) is 26.8. The molecule has 1 N–H and O–H groups in total. The van der Waals surface area contributed by atoms with Crippen LogP contribution in [0.25, 0.3) is 0 Å². The number of aromatic amines is 1. The number of rotatable bonds is 12. The molecule has 0 saturated carbocycles. The lowest BCUT2D eigenvalue weighted by Crippen LogP contribution is -2.38. The van der Waals surface area contributed by atoms with Gasteiger partial charge in [-0.15, -0.1) is 6.58 Å². The van der Waals surface area contributed by atoms with Gasteiger partial charge in [-0.05, 0) is 47.4 Å². The van der Waals surface area contributed by atoms with E-state index in [1.807, 2.05) is 84.9 Å². The molecule has 4 atom stereocenters. The summed E-state index contributed by atoms with van der Waals surface area (Å²) in [5.41, 5.74) is 0.590. The van der Waals surface area contributed by atoms with Crippen molar-refractivity contribution in [1.82, 2.24) is 9.55 Å². The minimum absolute atomic E-state index is 0.153. The molecule has 1 fully saturated rings. The number of ether oxygens (including phenoxy) is 5. The first-order valence-corrected chi connectivity index (χ1v) is 14.0. The zero-order chi connectivity index (χ0) is 30.4. The maximum absolute atomic E-state index is 12.7. The van der Waals surface area contributed by atoms with E-state index in [0.29, 0.717) is 6.42 Å². The molecule has 9 heteroatoms. The summed E-state index contributed by atoms with van der Waals surface area (Å²) in [7, 11) is 4.85. The standard InChI is InChI=1S/C34H36N2O7/c1-5-9-28-29(43-32(31(28)41-4)36-21-20-30(37)35-33(36)38)22-42-34(23-10-7-6-8-11-23,24-12-16-26(39-2)17-13-24)25-14-18-27(40-3)19-15-25/h5-8,10-21,28-29,31-32H,1,9,22H2,2-4H3,(H,35,37,38)/t28-,29-,31-,32-/m1/s1. The van der Waals surface area contributed by atoms with Crippen LogP contribution in [-0.4, -0.2) is 49.7 Å². The van der Waals surface area contributed by atoms with Crippen molar-refractivity contribution in [3.05, 3.63) is 141 Å². The second-order valence-electron chi connectivity index (χ2n) is 10.3. The van der Waals surface area contributed by atoms with Crippen molar-refractivity contribution in [3.8, 4) is 11.5 Å². The van der Waals surface area contributed by atoms with Crippen LogP contribution < -0.4 is 20.7 Å². The van der Waals surface area contributed by atoms with Crippen molar-refractivity contribution in [2.24, 2.45) is 5.92 Å². The lowest BCUT2D eigenvalue weighted by atomic mass is 9.80. The third-order valence-electron chi connectivity index (χ3n) is 7.97. The van der Waals surface area contributed by atoms with Gasteiger partial charge in [-0.1, -0.05) is 60.7 Å². The van der Waals surface area contributed by atoms with E-state index in [-0.39, 0.29) is 12.5 Å². The molecule has 43 heavy (non-hydrogen) atoms. The molecule has 0 radical (unpaired) electrons. The third kappa shape index (κ3) is 5.92. The van der Waals surface area contributed by atoms with Crippen LogP contribution in [0.1, 0.15) is 29.3 Å². The van der Waals surface area contributed by atoms with Crippen LogP contribution >= 0.6 is 0 Å². The number of hydrogen-bond acceptors (Lipinski definition) is 7. The topological polar surface area (TPSA) is 101 Å². The Morgan fingerprint density at radius 1 is 0.860 bits per heavy atom. The fourth-order valence-electron chi connectivity index (χ4n) is 5.85. The summed E-state index contributed by atoms with van der Waals surface area (Å²) in [6, 6.07) is 26.9. The second kappa shape index (κ2) is 13.2. The Bertz CT molecular complexity index is 1570. The van der Waals surface area contributed by atoms with E-state index in [0.717, 1.165) is 28.2 Å². The Morgan fingerprint density at radius 2 is 1.44 bits per heavy atom. The van der Waals surface area contributed by atoms with Crippen molar-refractivity contribution in [1.29, 1.82) is 0 Å². The van der Waals surface area contributed by atoms with E-state index in [1.54, 1.807) is 21.3 Å². The molecule has 2 heterocycles. The molecule has 1 aromatic heterocycles. The predicted molar refractivity (Wildman–Crippen MR) is 163 cm³/mol. The van der Waals surface area contributed by atoms with Gasteiger partial charge >= 0.3 is 5.69 Å². The highest BCUT2D eigenvalue weighted by atomic mass is 16.6. The Hall–Kier alpha value is -4.44. The molecule has 9 nitrogen and oxygen atoms in total. The van der Waals surface area contributed by atoms with E-state index in [2.05, 4.69) is 11.6 Å². The van der Waals surface area contributed by atoms with Gasteiger partial charge in [0, 0.05) is 25.3 Å². The Labute approximate surface area is 250 Å². The van der Waals surface area contributed by atoms with Crippen molar-refractivity contribution in [2.75, 3.05) is 27.9 Å². The number of allylic oxidation sites excluding steroid dienone is 1. The Balaban J connectivity index is 1.60. The van der Waals surface area contributed by atoms with E-state index >= 15 is 0 Å². The van der Waals surface area contributed by atoms with Crippen LogP contribution in [0.5, 0.6) is 11.5 Å². The average molecular weight is 585 g/mol. The first-order chi connectivity index (χ1) is 20.9. The van der Waals surface area contributed by atoms with Crippen molar-refractivity contribution in [3.63, 3.8) is 0 Å². The number of aromatic nitrogens is 2. The minimum Gasteiger partial charge on any atom is -0.497 e. The van der Waals surface area contributed by atoms with Crippen molar-refractivity contribution in [2.45, 2.75) is 30.5 Å². The van der Waals surface area contributed by atoms with Crippen molar-refractivity contribution >= 4 is 0 Å². The molecule has 1 aliphatic rings. The largest absolute Gasteiger partial charge is 0.497 e. The summed E-state index contributed by atoms with van der Waals surface area (Å²) in [5, 5.41) is 0. The smallest absolute Gasteiger partial charge is 0.330 e. The van der Waals surface area contributed by atoms with Gasteiger partial charge in [-0.2, -0.15) is 0 Å². The fraction of sp³-hybridized carbons (Fsp3) is 0.294. The molecule has 4 aromatic rings. The van der Waals surface area contributed by atoms with Crippen molar-refractivity contribution < 1.29 is 23.7 Å². The van der Waals surface area contributed by atoms with E-state index < -0.39 is 35.3 Å². The Kier molecular flexibility index (Phi) is 9.25. The van der Waals surface area contributed by atoms with E-state index in [9.17, 15) is 9.59 Å². The molecule has 224 valence electrons. The number of nitrogens with zero attached hydrogens (tertiary/aromatic N) is 1. The maximum atomic E-state index is 12.7. The quantitative estimate of drug-likeness (QED) is 0.191. The summed E-state index contributed by atoms with van der Waals surface area (Å²) in [6.45, 7) is 4.10. The summed E-state index contributed by atoms with van der Waals surface area (Å²) in [6.07, 6.45) is 2.04. The average Bonchev–Trinajstić information content (AvgIpc) is 3.39. The third-order valence-corrected chi connectivity index (χ3v) is 7.97. The molecule has 0 spiro atoms. The summed E-state index contributed by atoms with van der Waals surface area (Å²) < 4.78 is 31.7. The molecule has 5 rings (SSSR count). The van der Waals surface area contributed by atoms with Gasteiger partial charge in [-0.25, -0.2) is 4.79 Å².